The van der Waals surface area contributed by atoms with Gasteiger partial charge in [0, 0.05) is 12.8 Å². The Bertz CT molecular complexity index is 890. The third-order valence-electron chi connectivity index (χ3n) is 5.55. The lowest BCUT2D eigenvalue weighted by Crippen LogP contribution is -2.20. The molecule has 1 saturated carbocycles. The van der Waals surface area contributed by atoms with E-state index >= 15 is 0 Å². The molecule has 1 aliphatic carbocycles. The molecule has 0 radical (unpaired) electrons. The van der Waals surface area contributed by atoms with Crippen LogP contribution in [0.5, 0.6) is 5.75 Å². The predicted octanol–water partition coefficient (Wildman–Crippen LogP) is 5.96. The molecule has 5 heteroatoms. The highest BCUT2D eigenvalue weighted by Gasteiger charge is 2.17. The van der Waals surface area contributed by atoms with Crippen molar-refractivity contribution in [1.82, 2.24) is 0 Å². The topological polar surface area (TPSA) is 76.4 Å². The van der Waals surface area contributed by atoms with Crippen molar-refractivity contribution in [1.29, 1.82) is 5.26 Å². The lowest BCUT2D eigenvalue weighted by molar-refractivity contribution is -0.150. The first kappa shape index (κ1) is 22.6. The number of benzene rings is 2. The van der Waals surface area contributed by atoms with Crippen molar-refractivity contribution in [2.45, 2.75) is 70.3 Å². The molecule has 0 N–H and O–H groups in total. The molecule has 162 valence electrons. The minimum atomic E-state index is -0.268. The zero-order valence-corrected chi connectivity index (χ0v) is 17.8. The van der Waals surface area contributed by atoms with E-state index in [0.29, 0.717) is 30.6 Å². The molecule has 0 bridgehead atoms. The molecule has 3 rings (SSSR count). The molecular formula is C26H29NO4. The van der Waals surface area contributed by atoms with E-state index < -0.39 is 0 Å². The maximum atomic E-state index is 12.1. The van der Waals surface area contributed by atoms with Gasteiger partial charge in [0.2, 0.25) is 0 Å². The number of unbranched alkanes of at least 4 members (excludes halogenated alkanes) is 2. The number of nitriles is 1. The zero-order valence-electron chi connectivity index (χ0n) is 17.8. The number of carbonyl (C=O) groups excluding carboxylic acids is 2. The predicted molar refractivity (Wildman–Crippen MR) is 118 cm³/mol. The Morgan fingerprint density at radius 3 is 2.00 bits per heavy atom. The van der Waals surface area contributed by atoms with Crippen LogP contribution < -0.4 is 4.74 Å². The molecule has 0 aromatic heterocycles. The van der Waals surface area contributed by atoms with Gasteiger partial charge in [-0.05, 0) is 73.9 Å². The van der Waals surface area contributed by atoms with Crippen LogP contribution in [-0.4, -0.2) is 18.0 Å². The van der Waals surface area contributed by atoms with Crippen molar-refractivity contribution in [2.75, 3.05) is 0 Å². The van der Waals surface area contributed by atoms with Gasteiger partial charge in [0.15, 0.2) is 0 Å². The SMILES string of the molecule is N#Cc1ccc(-c2ccc(OC(=O)CCCCCC(=O)OC3CCCCC3)cc2)cc1. The van der Waals surface area contributed by atoms with E-state index in [0.717, 1.165) is 49.7 Å². The van der Waals surface area contributed by atoms with Gasteiger partial charge in [-0.2, -0.15) is 5.26 Å². The summed E-state index contributed by atoms with van der Waals surface area (Å²) in [7, 11) is 0. The normalized spacial score (nSPS) is 13.9. The molecule has 0 atom stereocenters. The Hall–Kier alpha value is -3.13. The Balaban J connectivity index is 1.32. The van der Waals surface area contributed by atoms with E-state index in [9.17, 15) is 9.59 Å². The monoisotopic (exact) mass is 419 g/mol. The fraction of sp³-hybridized carbons (Fsp3) is 0.423. The van der Waals surface area contributed by atoms with E-state index in [-0.39, 0.29) is 18.0 Å². The molecule has 2 aromatic rings. The van der Waals surface area contributed by atoms with E-state index in [4.69, 9.17) is 14.7 Å². The second-order valence-corrected chi connectivity index (χ2v) is 8.00. The van der Waals surface area contributed by atoms with Gasteiger partial charge in [-0.1, -0.05) is 37.1 Å². The van der Waals surface area contributed by atoms with Crippen molar-refractivity contribution in [2.24, 2.45) is 0 Å². The van der Waals surface area contributed by atoms with Crippen LogP contribution in [0, 0.1) is 11.3 Å². The van der Waals surface area contributed by atoms with Gasteiger partial charge in [-0.3, -0.25) is 9.59 Å². The third kappa shape index (κ3) is 7.57. The average Bonchev–Trinajstić information content (AvgIpc) is 2.80. The second-order valence-electron chi connectivity index (χ2n) is 8.00. The van der Waals surface area contributed by atoms with Crippen molar-refractivity contribution in [3.8, 4) is 22.9 Å². The fourth-order valence-corrected chi connectivity index (χ4v) is 3.78. The average molecular weight is 420 g/mol. The first-order valence-corrected chi connectivity index (χ1v) is 11.1. The second kappa shape index (κ2) is 11.9. The summed E-state index contributed by atoms with van der Waals surface area (Å²) >= 11 is 0. The van der Waals surface area contributed by atoms with Gasteiger partial charge in [0.05, 0.1) is 11.6 Å². The fourth-order valence-electron chi connectivity index (χ4n) is 3.78. The number of carbonyl (C=O) groups is 2. The van der Waals surface area contributed by atoms with Crippen LogP contribution in [-0.2, 0) is 14.3 Å². The summed E-state index contributed by atoms with van der Waals surface area (Å²) in [4.78, 5) is 23.9. The minimum Gasteiger partial charge on any atom is -0.462 e. The lowest BCUT2D eigenvalue weighted by Gasteiger charge is -2.21. The molecule has 2 aromatic carbocycles. The van der Waals surface area contributed by atoms with Gasteiger partial charge >= 0.3 is 11.9 Å². The van der Waals surface area contributed by atoms with Crippen LogP contribution >= 0.6 is 0 Å². The molecule has 31 heavy (non-hydrogen) atoms. The summed E-state index contributed by atoms with van der Waals surface area (Å²) in [5, 5.41) is 8.88. The number of hydrogen-bond acceptors (Lipinski definition) is 5. The highest BCUT2D eigenvalue weighted by Crippen LogP contribution is 2.23. The number of esters is 2. The van der Waals surface area contributed by atoms with Crippen LogP contribution in [0.25, 0.3) is 11.1 Å². The van der Waals surface area contributed by atoms with Crippen LogP contribution in [0.4, 0.5) is 0 Å². The smallest absolute Gasteiger partial charge is 0.311 e. The molecule has 1 aliphatic rings. The van der Waals surface area contributed by atoms with Crippen LogP contribution in [0.2, 0.25) is 0 Å². The number of hydrogen-bond donors (Lipinski definition) is 0. The number of ether oxygens (including phenoxy) is 2. The first-order valence-electron chi connectivity index (χ1n) is 11.1. The Morgan fingerprint density at radius 1 is 0.806 bits per heavy atom. The quantitative estimate of drug-likeness (QED) is 0.285. The molecule has 0 aliphatic heterocycles. The molecule has 5 nitrogen and oxygen atoms in total. The Labute approximate surface area is 184 Å². The van der Waals surface area contributed by atoms with Gasteiger partial charge in [0.1, 0.15) is 11.9 Å². The Morgan fingerprint density at radius 2 is 1.39 bits per heavy atom. The minimum absolute atomic E-state index is 0.111. The van der Waals surface area contributed by atoms with Crippen molar-refractivity contribution in [3.63, 3.8) is 0 Å². The van der Waals surface area contributed by atoms with Gasteiger partial charge in [0.25, 0.3) is 0 Å². The number of nitrogens with zero attached hydrogens (tertiary/aromatic N) is 1. The van der Waals surface area contributed by atoms with Crippen molar-refractivity contribution >= 4 is 11.9 Å². The van der Waals surface area contributed by atoms with E-state index in [1.54, 1.807) is 24.3 Å². The largest absolute Gasteiger partial charge is 0.462 e. The lowest BCUT2D eigenvalue weighted by atomic mass is 9.98. The zero-order chi connectivity index (χ0) is 21.9. The van der Waals surface area contributed by atoms with Crippen molar-refractivity contribution < 1.29 is 19.1 Å². The van der Waals surface area contributed by atoms with Crippen LogP contribution in [0.15, 0.2) is 48.5 Å². The third-order valence-corrected chi connectivity index (χ3v) is 5.55. The standard InChI is InChI=1S/C26H29NO4/c27-19-20-11-13-21(14-12-20)22-15-17-24(18-16-22)31-26(29)10-6-2-5-9-25(28)30-23-7-3-1-4-8-23/h11-18,23H,1-10H2. The summed E-state index contributed by atoms with van der Waals surface area (Å²) < 4.78 is 10.9. The van der Waals surface area contributed by atoms with E-state index in [1.165, 1.54) is 6.42 Å². The number of rotatable bonds is 9. The van der Waals surface area contributed by atoms with Crippen LogP contribution in [0.1, 0.15) is 69.8 Å². The molecule has 0 unspecified atom stereocenters. The Kier molecular flexibility index (Phi) is 8.66. The maximum Gasteiger partial charge on any atom is 0.311 e. The van der Waals surface area contributed by atoms with Gasteiger partial charge < -0.3 is 9.47 Å². The van der Waals surface area contributed by atoms with E-state index in [2.05, 4.69) is 6.07 Å². The summed E-state index contributed by atoms with van der Waals surface area (Å²) in [6, 6.07) is 16.8. The summed E-state index contributed by atoms with van der Waals surface area (Å²) in [5.74, 6) is 0.131. The van der Waals surface area contributed by atoms with Crippen molar-refractivity contribution in [3.05, 3.63) is 54.1 Å². The maximum absolute atomic E-state index is 12.1. The molecule has 0 spiro atoms. The molecular weight excluding hydrogens is 390 g/mol. The van der Waals surface area contributed by atoms with Gasteiger partial charge in [-0.25, -0.2) is 0 Å². The summed E-state index contributed by atoms with van der Waals surface area (Å²) in [5.41, 5.74) is 2.61. The molecule has 0 saturated heterocycles. The summed E-state index contributed by atoms with van der Waals surface area (Å²) in [6.07, 6.45) is 8.61. The summed E-state index contributed by atoms with van der Waals surface area (Å²) in [6.45, 7) is 0. The van der Waals surface area contributed by atoms with Crippen LogP contribution in [0.3, 0.4) is 0 Å². The van der Waals surface area contributed by atoms with E-state index in [1.807, 2.05) is 24.3 Å². The molecule has 1 fully saturated rings. The first-order chi connectivity index (χ1) is 15.1. The highest BCUT2D eigenvalue weighted by atomic mass is 16.5. The molecule has 0 heterocycles. The van der Waals surface area contributed by atoms with Gasteiger partial charge in [-0.15, -0.1) is 0 Å². The molecule has 0 amide bonds. The highest BCUT2D eigenvalue weighted by molar-refractivity contribution is 5.73.